The number of nitrogens with zero attached hydrogens (tertiary/aromatic N) is 3. The molecular formula is C15H17N3OS. The first kappa shape index (κ1) is 12.1. The zero-order valence-corrected chi connectivity index (χ0v) is 12.3. The Morgan fingerprint density at radius 2 is 2.25 bits per heavy atom. The van der Waals surface area contributed by atoms with Crippen LogP contribution < -0.4 is 9.64 Å². The molecule has 2 aliphatic rings. The second-order valence-corrected chi connectivity index (χ2v) is 6.21. The van der Waals surface area contributed by atoms with Gasteiger partial charge in [0, 0.05) is 36.1 Å². The van der Waals surface area contributed by atoms with Crippen LogP contribution in [0.5, 0.6) is 5.75 Å². The number of aromatic nitrogens is 2. The van der Waals surface area contributed by atoms with Gasteiger partial charge in [0.25, 0.3) is 0 Å². The molecule has 1 fully saturated rings. The van der Waals surface area contributed by atoms with Crippen molar-refractivity contribution in [3.63, 3.8) is 0 Å². The van der Waals surface area contributed by atoms with Crippen molar-refractivity contribution in [3.05, 3.63) is 35.2 Å². The van der Waals surface area contributed by atoms with E-state index in [0.29, 0.717) is 5.92 Å². The monoisotopic (exact) mass is 287 g/mol. The first-order valence-corrected chi connectivity index (χ1v) is 7.86. The summed E-state index contributed by atoms with van der Waals surface area (Å²) in [5, 5.41) is 1.07. The maximum absolute atomic E-state index is 5.45. The van der Waals surface area contributed by atoms with Gasteiger partial charge in [-0.2, -0.15) is 4.37 Å². The fourth-order valence-corrected chi connectivity index (χ4v) is 3.56. The molecule has 1 aromatic carbocycles. The van der Waals surface area contributed by atoms with Crippen molar-refractivity contribution in [2.75, 3.05) is 18.6 Å². The molecule has 104 valence electrons. The van der Waals surface area contributed by atoms with Gasteiger partial charge in [0.2, 0.25) is 5.13 Å². The Labute approximate surface area is 122 Å². The average molecular weight is 287 g/mol. The first-order chi connectivity index (χ1) is 9.85. The largest absolute Gasteiger partial charge is 0.496 e. The van der Waals surface area contributed by atoms with Crippen LogP contribution in [0.25, 0.3) is 0 Å². The van der Waals surface area contributed by atoms with Crippen LogP contribution in [-0.4, -0.2) is 23.0 Å². The summed E-state index contributed by atoms with van der Waals surface area (Å²) in [6, 6.07) is 6.30. The van der Waals surface area contributed by atoms with Crippen LogP contribution in [-0.2, 0) is 13.0 Å². The number of fused-ring (bicyclic) bond motifs is 1. The summed E-state index contributed by atoms with van der Waals surface area (Å²) in [5.74, 6) is 2.71. The van der Waals surface area contributed by atoms with Gasteiger partial charge in [-0.1, -0.05) is 12.1 Å². The van der Waals surface area contributed by atoms with Gasteiger partial charge in [0.05, 0.1) is 7.11 Å². The van der Waals surface area contributed by atoms with Crippen molar-refractivity contribution >= 4 is 16.7 Å². The highest BCUT2D eigenvalue weighted by molar-refractivity contribution is 7.09. The molecule has 1 aliphatic carbocycles. The van der Waals surface area contributed by atoms with Crippen LogP contribution >= 0.6 is 11.5 Å². The summed E-state index contributed by atoms with van der Waals surface area (Å²) in [6.45, 7) is 1.90. The normalized spacial score (nSPS) is 17.9. The van der Waals surface area contributed by atoms with Crippen LogP contribution in [0.2, 0.25) is 0 Å². The van der Waals surface area contributed by atoms with E-state index in [2.05, 4.69) is 21.4 Å². The molecule has 0 unspecified atom stereocenters. The van der Waals surface area contributed by atoms with Gasteiger partial charge in [0.15, 0.2) is 0 Å². The van der Waals surface area contributed by atoms with Gasteiger partial charge in [-0.3, -0.25) is 0 Å². The van der Waals surface area contributed by atoms with Crippen molar-refractivity contribution < 1.29 is 4.74 Å². The van der Waals surface area contributed by atoms with E-state index in [1.165, 1.54) is 24.0 Å². The number of hydrogen-bond donors (Lipinski definition) is 0. The molecule has 1 aliphatic heterocycles. The number of hydrogen-bond acceptors (Lipinski definition) is 5. The third-order valence-electron chi connectivity index (χ3n) is 4.09. The topological polar surface area (TPSA) is 38.2 Å². The van der Waals surface area contributed by atoms with Gasteiger partial charge >= 0.3 is 0 Å². The molecule has 0 saturated heterocycles. The van der Waals surface area contributed by atoms with E-state index in [0.717, 1.165) is 36.2 Å². The van der Waals surface area contributed by atoms with Crippen molar-refractivity contribution in [1.29, 1.82) is 0 Å². The molecule has 2 aromatic rings. The lowest BCUT2D eigenvalue weighted by Crippen LogP contribution is -2.30. The van der Waals surface area contributed by atoms with E-state index >= 15 is 0 Å². The smallest absolute Gasteiger partial charge is 0.205 e. The highest BCUT2D eigenvalue weighted by atomic mass is 32.1. The summed E-state index contributed by atoms with van der Waals surface area (Å²) in [4.78, 5) is 7.05. The molecule has 1 saturated carbocycles. The van der Waals surface area contributed by atoms with E-state index in [1.54, 1.807) is 18.6 Å². The number of benzene rings is 1. The second-order valence-electron chi connectivity index (χ2n) is 5.48. The zero-order valence-electron chi connectivity index (χ0n) is 11.5. The quantitative estimate of drug-likeness (QED) is 0.870. The van der Waals surface area contributed by atoms with Crippen LogP contribution in [0.15, 0.2) is 18.2 Å². The number of rotatable bonds is 3. The molecule has 20 heavy (non-hydrogen) atoms. The van der Waals surface area contributed by atoms with Gasteiger partial charge in [0.1, 0.15) is 11.6 Å². The molecule has 0 spiro atoms. The number of anilines is 1. The maximum atomic E-state index is 5.45. The molecule has 0 atom stereocenters. The van der Waals surface area contributed by atoms with Gasteiger partial charge in [-0.05, 0) is 30.9 Å². The van der Waals surface area contributed by atoms with Crippen LogP contribution in [0, 0.1) is 0 Å². The Balaban J connectivity index is 1.59. The lowest BCUT2D eigenvalue weighted by atomic mass is 9.99. The standard InChI is InChI=1S/C15H17N3OS/c1-19-13-4-2-3-11-9-18(8-7-12(11)13)15-16-14(17-20-15)10-5-6-10/h2-4,10H,5-9H2,1H3. The van der Waals surface area contributed by atoms with E-state index in [9.17, 15) is 0 Å². The van der Waals surface area contributed by atoms with Gasteiger partial charge in [-0.15, -0.1) is 0 Å². The molecule has 0 bridgehead atoms. The molecule has 0 amide bonds. The lowest BCUT2D eigenvalue weighted by Gasteiger charge is -2.29. The van der Waals surface area contributed by atoms with Crippen molar-refractivity contribution in [2.24, 2.45) is 0 Å². The Morgan fingerprint density at radius 1 is 1.35 bits per heavy atom. The molecule has 0 radical (unpaired) electrons. The third kappa shape index (κ3) is 2.06. The minimum atomic E-state index is 0.636. The predicted molar refractivity (Wildman–Crippen MR) is 79.6 cm³/mol. The van der Waals surface area contributed by atoms with Crippen molar-refractivity contribution in [1.82, 2.24) is 9.36 Å². The molecular weight excluding hydrogens is 270 g/mol. The molecule has 4 nitrogen and oxygen atoms in total. The first-order valence-electron chi connectivity index (χ1n) is 7.08. The molecule has 1 aromatic heterocycles. The van der Waals surface area contributed by atoms with E-state index in [4.69, 9.17) is 9.72 Å². The zero-order chi connectivity index (χ0) is 13.5. The van der Waals surface area contributed by atoms with E-state index in [1.807, 2.05) is 6.07 Å². The van der Waals surface area contributed by atoms with Gasteiger partial charge in [-0.25, -0.2) is 4.98 Å². The minimum Gasteiger partial charge on any atom is -0.496 e. The molecule has 2 heterocycles. The van der Waals surface area contributed by atoms with E-state index < -0.39 is 0 Å². The Kier molecular flexibility index (Phi) is 2.88. The van der Waals surface area contributed by atoms with Crippen LogP contribution in [0.3, 0.4) is 0 Å². The molecule has 0 N–H and O–H groups in total. The van der Waals surface area contributed by atoms with Crippen LogP contribution in [0.1, 0.15) is 35.7 Å². The minimum absolute atomic E-state index is 0.636. The summed E-state index contributed by atoms with van der Waals surface area (Å²) in [6.07, 6.45) is 3.53. The summed E-state index contributed by atoms with van der Waals surface area (Å²) in [7, 11) is 1.74. The number of ether oxygens (including phenoxy) is 1. The Hall–Kier alpha value is -1.62. The highest BCUT2D eigenvalue weighted by Crippen LogP contribution is 2.40. The lowest BCUT2D eigenvalue weighted by molar-refractivity contribution is 0.407. The molecule has 5 heteroatoms. The Morgan fingerprint density at radius 3 is 3.05 bits per heavy atom. The van der Waals surface area contributed by atoms with Crippen molar-refractivity contribution in [3.8, 4) is 5.75 Å². The molecule has 4 rings (SSSR count). The highest BCUT2D eigenvalue weighted by Gasteiger charge is 2.29. The van der Waals surface area contributed by atoms with Gasteiger partial charge < -0.3 is 9.64 Å². The fraction of sp³-hybridized carbons (Fsp3) is 0.467. The average Bonchev–Trinajstić information content (AvgIpc) is 3.23. The summed E-state index contributed by atoms with van der Waals surface area (Å²) >= 11 is 1.54. The SMILES string of the molecule is COc1cccc2c1CCN(c1nc(C3CC3)ns1)C2. The second kappa shape index (κ2) is 4.74. The predicted octanol–water partition coefficient (Wildman–Crippen LogP) is 2.99. The third-order valence-corrected chi connectivity index (χ3v) is 4.88. The Bertz CT molecular complexity index is 636. The van der Waals surface area contributed by atoms with Crippen LogP contribution in [0.4, 0.5) is 5.13 Å². The number of methoxy groups -OCH3 is 1. The van der Waals surface area contributed by atoms with Crippen molar-refractivity contribution in [2.45, 2.75) is 31.7 Å². The summed E-state index contributed by atoms with van der Waals surface area (Å²) in [5.41, 5.74) is 2.69. The fourth-order valence-electron chi connectivity index (χ4n) is 2.79. The summed E-state index contributed by atoms with van der Waals surface area (Å²) < 4.78 is 9.96. The maximum Gasteiger partial charge on any atom is 0.205 e. The van der Waals surface area contributed by atoms with E-state index in [-0.39, 0.29) is 0 Å².